The van der Waals surface area contributed by atoms with Crippen molar-refractivity contribution >= 4 is 17.7 Å². The molecule has 5 fully saturated rings. The van der Waals surface area contributed by atoms with E-state index in [0.717, 1.165) is 25.7 Å². The first-order chi connectivity index (χ1) is 12.4. The maximum atomic E-state index is 13.2. The molecule has 0 aromatic heterocycles. The maximum absolute atomic E-state index is 13.2. The molecular formula is C19H24O7. The van der Waals surface area contributed by atoms with Crippen LogP contribution >= 0.6 is 0 Å². The maximum Gasteiger partial charge on any atom is 0.312 e. The Morgan fingerprint density at radius 1 is 1.04 bits per heavy atom. The lowest BCUT2D eigenvalue weighted by molar-refractivity contribution is -0.164. The molecule has 142 valence electrons. The van der Waals surface area contributed by atoms with E-state index in [0.29, 0.717) is 0 Å². The number of ketones is 1. The summed E-state index contributed by atoms with van der Waals surface area (Å²) in [6, 6.07) is 0. The van der Waals surface area contributed by atoms with Crippen LogP contribution in [0.4, 0.5) is 0 Å². The molecule has 4 heterocycles. The zero-order chi connectivity index (χ0) is 18.4. The molecule has 1 spiro atoms. The van der Waals surface area contributed by atoms with Crippen LogP contribution in [0.25, 0.3) is 0 Å². The molecule has 1 saturated carbocycles. The molecule has 9 atom stereocenters. The summed E-state index contributed by atoms with van der Waals surface area (Å²) in [5, 5.41) is 0. The van der Waals surface area contributed by atoms with Gasteiger partial charge in [-0.25, -0.2) is 0 Å². The number of fused-ring (bicyclic) bond motifs is 7. The lowest BCUT2D eigenvalue weighted by Gasteiger charge is -2.51. The minimum atomic E-state index is -0.735. The first-order valence-electron chi connectivity index (χ1n) is 9.44. The van der Waals surface area contributed by atoms with Crippen molar-refractivity contribution in [3.05, 3.63) is 0 Å². The van der Waals surface area contributed by atoms with E-state index in [1.54, 1.807) is 0 Å². The van der Waals surface area contributed by atoms with Gasteiger partial charge in [-0.05, 0) is 19.8 Å². The highest BCUT2D eigenvalue weighted by molar-refractivity contribution is 5.95. The first kappa shape index (κ1) is 16.7. The predicted octanol–water partition coefficient (Wildman–Crippen LogP) is 0.879. The molecule has 4 aliphatic heterocycles. The van der Waals surface area contributed by atoms with Crippen molar-refractivity contribution in [1.82, 2.24) is 0 Å². The van der Waals surface area contributed by atoms with Crippen LogP contribution in [0.15, 0.2) is 0 Å². The zero-order valence-corrected chi connectivity index (χ0v) is 15.2. The Kier molecular flexibility index (Phi) is 3.25. The van der Waals surface area contributed by atoms with Gasteiger partial charge >= 0.3 is 11.9 Å². The van der Waals surface area contributed by atoms with Gasteiger partial charge in [-0.15, -0.1) is 0 Å². The Hall–Kier alpha value is -1.47. The van der Waals surface area contributed by atoms with Gasteiger partial charge in [0.25, 0.3) is 0 Å². The van der Waals surface area contributed by atoms with Crippen LogP contribution < -0.4 is 0 Å². The highest BCUT2D eigenvalue weighted by atomic mass is 16.6. The van der Waals surface area contributed by atoms with Gasteiger partial charge in [0.15, 0.2) is 5.78 Å². The molecule has 1 aliphatic carbocycles. The SMILES string of the molecule is COC(=O)[C@@H]1[C@H]2O[C@@H]([C@@H]1C(=O)OC)[C@H]1[C@@H]2[C@]23CCCC[C@@]2(C)C(=O)[C@H]1O3. The minimum Gasteiger partial charge on any atom is -0.469 e. The van der Waals surface area contributed by atoms with Crippen molar-refractivity contribution in [1.29, 1.82) is 0 Å². The largest absolute Gasteiger partial charge is 0.469 e. The molecule has 5 aliphatic rings. The standard InChI is InChI=1S/C19H24O7/c1-18-6-4-5-7-19(18)11-10(14(26-19)15(18)20)12-8(16(21)23-2)9(13(11)25-12)17(22)24-3/h8-14H,4-7H2,1-3H3/t8-,9+,10-,11+,12+,13-,14+,18+,19-/m1/s1. The highest BCUT2D eigenvalue weighted by Crippen LogP contribution is 2.71. The summed E-state index contributed by atoms with van der Waals surface area (Å²) in [5.74, 6) is -2.44. The fourth-order valence-corrected chi connectivity index (χ4v) is 6.93. The zero-order valence-electron chi connectivity index (χ0n) is 15.2. The summed E-state index contributed by atoms with van der Waals surface area (Å²) in [5.41, 5.74) is -1.10. The Bertz CT molecular complexity index is 704. The Morgan fingerprint density at radius 3 is 2.31 bits per heavy atom. The van der Waals surface area contributed by atoms with Gasteiger partial charge in [0.05, 0.1) is 49.3 Å². The van der Waals surface area contributed by atoms with Gasteiger partial charge in [-0.3, -0.25) is 14.4 Å². The smallest absolute Gasteiger partial charge is 0.312 e. The molecule has 0 aromatic carbocycles. The lowest BCUT2D eigenvalue weighted by Crippen LogP contribution is -2.63. The van der Waals surface area contributed by atoms with Crippen LogP contribution in [0.2, 0.25) is 0 Å². The lowest BCUT2D eigenvalue weighted by atomic mass is 9.48. The molecule has 0 aromatic rings. The number of Topliss-reactive ketones (excluding diaryl/α,β-unsaturated/α-hetero) is 1. The predicted molar refractivity (Wildman–Crippen MR) is 85.8 cm³/mol. The topological polar surface area (TPSA) is 88.1 Å². The Labute approximate surface area is 151 Å². The molecule has 26 heavy (non-hydrogen) atoms. The van der Waals surface area contributed by atoms with E-state index in [9.17, 15) is 14.4 Å². The Balaban J connectivity index is 1.61. The summed E-state index contributed by atoms with van der Waals surface area (Å²) in [4.78, 5) is 38.1. The molecular weight excluding hydrogens is 340 g/mol. The van der Waals surface area contributed by atoms with Crippen LogP contribution in [0.5, 0.6) is 0 Å². The summed E-state index contributed by atoms with van der Waals surface area (Å²) >= 11 is 0. The van der Waals surface area contributed by atoms with Crippen LogP contribution in [-0.4, -0.2) is 55.9 Å². The molecule has 7 nitrogen and oxygen atoms in total. The molecule has 0 N–H and O–H groups in total. The third kappa shape index (κ3) is 1.57. The highest BCUT2D eigenvalue weighted by Gasteiger charge is 2.83. The van der Waals surface area contributed by atoms with Gasteiger partial charge in [-0.2, -0.15) is 0 Å². The van der Waals surface area contributed by atoms with Gasteiger partial charge in [0.2, 0.25) is 0 Å². The number of ether oxygens (including phenoxy) is 4. The van der Waals surface area contributed by atoms with Gasteiger partial charge < -0.3 is 18.9 Å². The van der Waals surface area contributed by atoms with Crippen molar-refractivity contribution < 1.29 is 33.3 Å². The van der Waals surface area contributed by atoms with Crippen molar-refractivity contribution in [3.63, 3.8) is 0 Å². The van der Waals surface area contributed by atoms with E-state index in [1.807, 2.05) is 6.92 Å². The quantitative estimate of drug-likeness (QED) is 0.672. The van der Waals surface area contributed by atoms with E-state index < -0.39 is 53.1 Å². The molecule has 7 heteroatoms. The number of methoxy groups -OCH3 is 2. The number of rotatable bonds is 2. The molecule has 0 amide bonds. The van der Waals surface area contributed by atoms with Crippen LogP contribution in [0.3, 0.4) is 0 Å². The summed E-state index contributed by atoms with van der Waals surface area (Å²) in [7, 11) is 2.63. The van der Waals surface area contributed by atoms with Crippen molar-refractivity contribution in [2.75, 3.05) is 14.2 Å². The summed E-state index contributed by atoms with van der Waals surface area (Å²) < 4.78 is 22.5. The second kappa shape index (κ2) is 5.07. The third-order valence-electron chi connectivity index (χ3n) is 7.94. The second-order valence-electron chi connectivity index (χ2n) is 8.60. The van der Waals surface area contributed by atoms with Gasteiger partial charge in [-0.1, -0.05) is 12.8 Å². The number of hydrogen-bond donors (Lipinski definition) is 0. The molecule has 4 saturated heterocycles. The van der Waals surface area contributed by atoms with E-state index in [4.69, 9.17) is 18.9 Å². The normalized spacial score (nSPS) is 53.3. The Morgan fingerprint density at radius 2 is 1.65 bits per heavy atom. The third-order valence-corrected chi connectivity index (χ3v) is 7.94. The van der Waals surface area contributed by atoms with Crippen molar-refractivity contribution in [2.45, 2.75) is 56.5 Å². The fourth-order valence-electron chi connectivity index (χ4n) is 6.93. The fraction of sp³-hybridized carbons (Fsp3) is 0.842. The van der Waals surface area contributed by atoms with Crippen molar-refractivity contribution in [3.8, 4) is 0 Å². The number of carbonyl (C=O) groups is 3. The van der Waals surface area contributed by atoms with Crippen molar-refractivity contribution in [2.24, 2.45) is 29.1 Å². The average molecular weight is 364 g/mol. The van der Waals surface area contributed by atoms with Crippen LogP contribution in [0, 0.1) is 29.1 Å². The van der Waals surface area contributed by atoms with Gasteiger partial charge in [0.1, 0.15) is 6.10 Å². The number of carbonyl (C=O) groups excluding carboxylic acids is 3. The molecule has 5 rings (SSSR count). The second-order valence-corrected chi connectivity index (χ2v) is 8.60. The average Bonchev–Trinajstić information content (AvgIpc) is 3.35. The first-order valence-corrected chi connectivity index (χ1v) is 9.44. The summed E-state index contributed by atoms with van der Waals surface area (Å²) in [6.07, 6.45) is 2.10. The van der Waals surface area contributed by atoms with E-state index >= 15 is 0 Å². The molecule has 4 bridgehead atoms. The minimum absolute atomic E-state index is 0.0505. The van der Waals surface area contributed by atoms with Crippen LogP contribution in [0.1, 0.15) is 32.6 Å². The van der Waals surface area contributed by atoms with Crippen LogP contribution in [-0.2, 0) is 33.3 Å². The number of hydrogen-bond acceptors (Lipinski definition) is 7. The monoisotopic (exact) mass is 364 g/mol. The molecule has 0 radical (unpaired) electrons. The van der Waals surface area contributed by atoms with Gasteiger partial charge in [0, 0.05) is 11.8 Å². The van der Waals surface area contributed by atoms with E-state index in [1.165, 1.54) is 14.2 Å². The summed E-state index contributed by atoms with van der Waals surface area (Å²) in [6.45, 7) is 2.02. The van der Waals surface area contributed by atoms with E-state index in [-0.39, 0.29) is 17.6 Å². The molecule has 0 unspecified atom stereocenters. The van der Waals surface area contributed by atoms with E-state index in [2.05, 4.69) is 0 Å². The number of esters is 2.